The summed E-state index contributed by atoms with van der Waals surface area (Å²) in [6, 6.07) is 7.17. The van der Waals surface area contributed by atoms with Crippen molar-refractivity contribution in [2.75, 3.05) is 25.0 Å². The van der Waals surface area contributed by atoms with E-state index in [1.807, 2.05) is 23.7 Å². The second kappa shape index (κ2) is 8.62. The lowest BCUT2D eigenvalue weighted by molar-refractivity contribution is -0.116. The van der Waals surface area contributed by atoms with Crippen LogP contribution in [-0.4, -0.2) is 50.3 Å². The highest BCUT2D eigenvalue weighted by molar-refractivity contribution is 6.30. The van der Waals surface area contributed by atoms with Gasteiger partial charge in [0.1, 0.15) is 12.4 Å². The number of hydrogen-bond acceptors (Lipinski definition) is 5. The number of likely N-dealkylation sites (tertiary alicyclic amines) is 1. The molecule has 7 nitrogen and oxygen atoms in total. The van der Waals surface area contributed by atoms with Crippen LogP contribution in [0.1, 0.15) is 36.8 Å². The van der Waals surface area contributed by atoms with Gasteiger partial charge in [-0.15, -0.1) is 10.2 Å². The van der Waals surface area contributed by atoms with E-state index in [0.29, 0.717) is 23.2 Å². The van der Waals surface area contributed by atoms with Gasteiger partial charge in [-0.2, -0.15) is 0 Å². The summed E-state index contributed by atoms with van der Waals surface area (Å²) in [5, 5.41) is 21.0. The third-order valence-corrected chi connectivity index (χ3v) is 5.09. The minimum absolute atomic E-state index is 0.00437. The first kappa shape index (κ1) is 18.8. The van der Waals surface area contributed by atoms with E-state index in [1.54, 1.807) is 12.1 Å². The molecule has 1 aliphatic rings. The topological polar surface area (TPSA) is 83.3 Å². The summed E-state index contributed by atoms with van der Waals surface area (Å²) in [6.45, 7) is 2.50. The predicted molar refractivity (Wildman–Crippen MR) is 100 cm³/mol. The lowest BCUT2D eigenvalue weighted by atomic mass is 9.96. The van der Waals surface area contributed by atoms with Crippen LogP contribution in [0.2, 0.25) is 5.02 Å². The summed E-state index contributed by atoms with van der Waals surface area (Å²) in [5.74, 6) is 1.88. The predicted octanol–water partition coefficient (Wildman–Crippen LogP) is 2.17. The van der Waals surface area contributed by atoms with Crippen LogP contribution in [-0.2, 0) is 18.4 Å². The van der Waals surface area contributed by atoms with E-state index in [1.165, 1.54) is 0 Å². The van der Waals surface area contributed by atoms with Gasteiger partial charge in [0.05, 0.1) is 0 Å². The van der Waals surface area contributed by atoms with Crippen LogP contribution in [0.4, 0.5) is 5.69 Å². The molecule has 1 fully saturated rings. The molecule has 1 saturated heterocycles. The quantitative estimate of drug-likeness (QED) is 0.806. The van der Waals surface area contributed by atoms with E-state index in [4.69, 9.17) is 11.6 Å². The minimum Gasteiger partial charge on any atom is -0.388 e. The lowest BCUT2D eigenvalue weighted by Gasteiger charge is -2.31. The highest BCUT2D eigenvalue weighted by Crippen LogP contribution is 2.26. The number of anilines is 1. The molecule has 0 radical (unpaired) electrons. The first-order valence-corrected chi connectivity index (χ1v) is 9.21. The molecule has 0 bridgehead atoms. The van der Waals surface area contributed by atoms with Crippen LogP contribution in [0.25, 0.3) is 0 Å². The van der Waals surface area contributed by atoms with Gasteiger partial charge in [0.2, 0.25) is 5.91 Å². The highest BCUT2D eigenvalue weighted by Gasteiger charge is 2.25. The van der Waals surface area contributed by atoms with Crippen molar-refractivity contribution in [3.05, 3.63) is 40.9 Å². The number of nitrogens with one attached hydrogen (secondary N) is 1. The number of amides is 1. The molecule has 140 valence electrons. The van der Waals surface area contributed by atoms with Gasteiger partial charge in [-0.1, -0.05) is 17.7 Å². The molecule has 2 N–H and O–H groups in total. The Labute approximate surface area is 158 Å². The van der Waals surface area contributed by atoms with Crippen molar-refractivity contribution in [3.63, 3.8) is 0 Å². The Hall–Kier alpha value is -1.96. The first-order valence-electron chi connectivity index (χ1n) is 8.83. The summed E-state index contributed by atoms with van der Waals surface area (Å²) in [5.41, 5.74) is 0.725. The summed E-state index contributed by atoms with van der Waals surface area (Å²) in [6.07, 6.45) is 2.41. The van der Waals surface area contributed by atoms with Crippen molar-refractivity contribution in [1.29, 1.82) is 0 Å². The number of piperidine rings is 1. The number of aliphatic hydroxyl groups excluding tert-OH is 1. The molecule has 0 unspecified atom stereocenters. The molecular formula is C18H24ClN5O2. The molecule has 1 amide bonds. The standard InChI is InChI=1S/C18H24ClN5O2/c1-23-16(12-25)21-22-18(23)13-5-8-24(9-6-13)10-7-17(26)20-15-4-2-3-14(19)11-15/h2-4,11,13,25H,5-10,12H2,1H3,(H,20,26). The fraction of sp³-hybridized carbons (Fsp3) is 0.500. The third kappa shape index (κ3) is 4.60. The fourth-order valence-corrected chi connectivity index (χ4v) is 3.52. The van der Waals surface area contributed by atoms with Crippen molar-refractivity contribution >= 4 is 23.2 Å². The molecule has 2 aromatic rings. The second-order valence-corrected chi connectivity index (χ2v) is 7.05. The smallest absolute Gasteiger partial charge is 0.225 e. The Morgan fingerprint density at radius 2 is 2.12 bits per heavy atom. The Morgan fingerprint density at radius 1 is 1.35 bits per heavy atom. The van der Waals surface area contributed by atoms with Crippen molar-refractivity contribution in [3.8, 4) is 0 Å². The van der Waals surface area contributed by atoms with Crippen LogP contribution in [0.5, 0.6) is 0 Å². The SMILES string of the molecule is Cn1c(CO)nnc1C1CCN(CCC(=O)Nc2cccc(Cl)c2)CC1. The number of aliphatic hydroxyl groups is 1. The van der Waals surface area contributed by atoms with E-state index in [2.05, 4.69) is 20.4 Å². The van der Waals surface area contributed by atoms with Crippen LogP contribution in [0.15, 0.2) is 24.3 Å². The monoisotopic (exact) mass is 377 g/mol. The molecule has 1 aromatic heterocycles. The van der Waals surface area contributed by atoms with Crippen LogP contribution >= 0.6 is 11.6 Å². The van der Waals surface area contributed by atoms with E-state index < -0.39 is 0 Å². The molecular weight excluding hydrogens is 354 g/mol. The van der Waals surface area contributed by atoms with Gasteiger partial charge in [-0.25, -0.2) is 0 Å². The largest absolute Gasteiger partial charge is 0.388 e. The maximum Gasteiger partial charge on any atom is 0.225 e. The summed E-state index contributed by atoms with van der Waals surface area (Å²) >= 11 is 5.93. The Balaban J connectivity index is 1.44. The summed E-state index contributed by atoms with van der Waals surface area (Å²) in [4.78, 5) is 14.4. The van der Waals surface area contributed by atoms with Crippen LogP contribution in [0.3, 0.4) is 0 Å². The van der Waals surface area contributed by atoms with Crippen LogP contribution < -0.4 is 5.32 Å². The molecule has 26 heavy (non-hydrogen) atoms. The van der Waals surface area contributed by atoms with E-state index in [-0.39, 0.29) is 12.5 Å². The van der Waals surface area contributed by atoms with Crippen LogP contribution in [0, 0.1) is 0 Å². The van der Waals surface area contributed by atoms with E-state index in [9.17, 15) is 9.90 Å². The van der Waals surface area contributed by atoms with Gasteiger partial charge >= 0.3 is 0 Å². The number of aromatic nitrogens is 3. The maximum absolute atomic E-state index is 12.1. The number of hydrogen-bond donors (Lipinski definition) is 2. The third-order valence-electron chi connectivity index (χ3n) is 4.86. The zero-order valence-electron chi connectivity index (χ0n) is 14.9. The van der Waals surface area contributed by atoms with Gasteiger partial charge < -0.3 is 19.9 Å². The normalized spacial score (nSPS) is 16.0. The van der Waals surface area contributed by atoms with Crippen molar-refractivity contribution in [1.82, 2.24) is 19.7 Å². The molecule has 0 aliphatic carbocycles. The molecule has 8 heteroatoms. The van der Waals surface area contributed by atoms with E-state index in [0.717, 1.165) is 44.0 Å². The van der Waals surface area contributed by atoms with E-state index >= 15 is 0 Å². The zero-order chi connectivity index (χ0) is 18.5. The Kier molecular flexibility index (Phi) is 6.24. The number of benzene rings is 1. The number of carbonyl (C=O) groups is 1. The molecule has 1 aromatic carbocycles. The zero-order valence-corrected chi connectivity index (χ0v) is 15.6. The summed E-state index contributed by atoms with van der Waals surface area (Å²) < 4.78 is 1.89. The summed E-state index contributed by atoms with van der Waals surface area (Å²) in [7, 11) is 1.90. The maximum atomic E-state index is 12.1. The minimum atomic E-state index is -0.0932. The second-order valence-electron chi connectivity index (χ2n) is 6.62. The number of rotatable bonds is 6. The molecule has 0 saturated carbocycles. The fourth-order valence-electron chi connectivity index (χ4n) is 3.33. The van der Waals surface area contributed by atoms with Crippen molar-refractivity contribution in [2.45, 2.75) is 31.8 Å². The number of nitrogens with zero attached hydrogens (tertiary/aromatic N) is 4. The number of halogens is 1. The number of carbonyl (C=O) groups excluding carboxylic acids is 1. The average molecular weight is 378 g/mol. The highest BCUT2D eigenvalue weighted by atomic mass is 35.5. The first-order chi connectivity index (χ1) is 12.6. The molecule has 0 spiro atoms. The lowest BCUT2D eigenvalue weighted by Crippen LogP contribution is -2.35. The molecule has 0 atom stereocenters. The van der Waals surface area contributed by atoms with Gasteiger partial charge in [0, 0.05) is 36.6 Å². The average Bonchev–Trinajstić information content (AvgIpc) is 3.01. The van der Waals surface area contributed by atoms with Gasteiger partial charge in [0.25, 0.3) is 0 Å². The van der Waals surface area contributed by atoms with Gasteiger partial charge in [-0.05, 0) is 44.1 Å². The molecule has 2 heterocycles. The molecule has 1 aliphatic heterocycles. The van der Waals surface area contributed by atoms with Crippen molar-refractivity contribution in [2.24, 2.45) is 7.05 Å². The van der Waals surface area contributed by atoms with Gasteiger partial charge in [0.15, 0.2) is 5.82 Å². The molecule has 3 rings (SSSR count). The Morgan fingerprint density at radius 3 is 2.77 bits per heavy atom. The van der Waals surface area contributed by atoms with Gasteiger partial charge in [-0.3, -0.25) is 4.79 Å². The Bertz CT molecular complexity index is 756. The van der Waals surface area contributed by atoms with Crippen molar-refractivity contribution < 1.29 is 9.90 Å².